The van der Waals surface area contributed by atoms with Gasteiger partial charge in [-0.2, -0.15) is 0 Å². The molecule has 23 heavy (non-hydrogen) atoms. The molecule has 0 unspecified atom stereocenters. The van der Waals surface area contributed by atoms with Crippen LogP contribution in [-0.2, 0) is 6.54 Å². The standard InChI is InChI=1S/C17H16N4OS/c1-11(2)20-8-7-18-16(20)13-4-3-5-14(19-13)21-10-12-6-9-23-15(12)17(21)22/h3-9,11H,10H2,1-2H3. The number of rotatable bonds is 3. The van der Waals surface area contributed by atoms with E-state index < -0.39 is 0 Å². The lowest BCUT2D eigenvalue weighted by Crippen LogP contribution is -2.24. The summed E-state index contributed by atoms with van der Waals surface area (Å²) in [7, 11) is 0. The molecule has 4 rings (SSSR count). The quantitative estimate of drug-likeness (QED) is 0.737. The summed E-state index contributed by atoms with van der Waals surface area (Å²) in [6.07, 6.45) is 3.73. The van der Waals surface area contributed by atoms with Gasteiger partial charge in [-0.15, -0.1) is 11.3 Å². The van der Waals surface area contributed by atoms with E-state index >= 15 is 0 Å². The van der Waals surface area contributed by atoms with Crippen molar-refractivity contribution in [3.05, 3.63) is 52.5 Å². The summed E-state index contributed by atoms with van der Waals surface area (Å²) < 4.78 is 2.08. The Bertz CT molecular complexity index is 880. The highest BCUT2D eigenvalue weighted by atomic mass is 32.1. The number of nitrogens with zero attached hydrogens (tertiary/aromatic N) is 4. The fourth-order valence-corrected chi connectivity index (χ4v) is 3.69. The Morgan fingerprint density at radius 1 is 1.26 bits per heavy atom. The lowest BCUT2D eigenvalue weighted by atomic mass is 10.3. The van der Waals surface area contributed by atoms with Gasteiger partial charge in [-0.25, -0.2) is 9.97 Å². The molecule has 5 nitrogen and oxygen atoms in total. The molecule has 0 saturated heterocycles. The highest BCUT2D eigenvalue weighted by molar-refractivity contribution is 7.12. The number of thiophene rings is 1. The Hall–Kier alpha value is -2.47. The van der Waals surface area contributed by atoms with Gasteiger partial charge in [0.2, 0.25) is 0 Å². The van der Waals surface area contributed by atoms with Gasteiger partial charge in [0.05, 0.1) is 11.4 Å². The van der Waals surface area contributed by atoms with Crippen molar-refractivity contribution in [2.24, 2.45) is 0 Å². The second-order valence-corrected chi connectivity index (χ2v) is 6.72. The number of carbonyl (C=O) groups excluding carboxylic acids is 1. The van der Waals surface area contributed by atoms with Crippen LogP contribution in [0.4, 0.5) is 5.82 Å². The van der Waals surface area contributed by atoms with Gasteiger partial charge in [0.25, 0.3) is 5.91 Å². The van der Waals surface area contributed by atoms with Crippen LogP contribution in [0.2, 0.25) is 0 Å². The lowest BCUT2D eigenvalue weighted by Gasteiger charge is -2.16. The maximum Gasteiger partial charge on any atom is 0.270 e. The second kappa shape index (κ2) is 5.31. The molecule has 3 aromatic rings. The third-order valence-corrected chi connectivity index (χ3v) is 4.92. The molecule has 0 aromatic carbocycles. The van der Waals surface area contributed by atoms with Gasteiger partial charge in [0, 0.05) is 18.4 Å². The number of carbonyl (C=O) groups is 1. The third-order valence-electron chi connectivity index (χ3n) is 3.98. The predicted octanol–water partition coefficient (Wildman–Crippen LogP) is 3.75. The van der Waals surface area contributed by atoms with Crippen molar-refractivity contribution < 1.29 is 4.79 Å². The zero-order valence-electron chi connectivity index (χ0n) is 12.9. The summed E-state index contributed by atoms with van der Waals surface area (Å²) in [5.74, 6) is 1.53. The molecule has 0 atom stereocenters. The van der Waals surface area contributed by atoms with Crippen LogP contribution >= 0.6 is 11.3 Å². The first-order valence-electron chi connectivity index (χ1n) is 7.53. The predicted molar refractivity (Wildman–Crippen MR) is 90.7 cm³/mol. The van der Waals surface area contributed by atoms with E-state index in [9.17, 15) is 4.79 Å². The largest absolute Gasteiger partial charge is 0.327 e. The number of hydrogen-bond acceptors (Lipinski definition) is 4. The summed E-state index contributed by atoms with van der Waals surface area (Å²) >= 11 is 1.49. The van der Waals surface area contributed by atoms with Crippen LogP contribution in [0.25, 0.3) is 11.5 Å². The van der Waals surface area contributed by atoms with E-state index in [2.05, 4.69) is 28.4 Å². The molecule has 0 fully saturated rings. The molecule has 0 saturated carbocycles. The van der Waals surface area contributed by atoms with Crippen LogP contribution < -0.4 is 4.90 Å². The molecule has 0 aliphatic carbocycles. The Labute approximate surface area is 138 Å². The van der Waals surface area contributed by atoms with Crippen LogP contribution in [0.3, 0.4) is 0 Å². The molecule has 116 valence electrons. The number of aromatic nitrogens is 3. The summed E-state index contributed by atoms with van der Waals surface area (Å²) in [5.41, 5.74) is 1.86. The number of anilines is 1. The molecule has 1 amide bonds. The summed E-state index contributed by atoms with van der Waals surface area (Å²) in [6, 6.07) is 8.05. The van der Waals surface area contributed by atoms with E-state index in [1.54, 1.807) is 11.1 Å². The van der Waals surface area contributed by atoms with Gasteiger partial charge in [0.15, 0.2) is 5.82 Å². The Morgan fingerprint density at radius 2 is 2.13 bits per heavy atom. The second-order valence-electron chi connectivity index (χ2n) is 5.80. The average molecular weight is 324 g/mol. The van der Waals surface area contributed by atoms with Gasteiger partial charge in [-0.3, -0.25) is 9.69 Å². The zero-order chi connectivity index (χ0) is 16.0. The van der Waals surface area contributed by atoms with Gasteiger partial charge < -0.3 is 4.57 Å². The fraction of sp³-hybridized carbons (Fsp3) is 0.235. The molecule has 3 aromatic heterocycles. The SMILES string of the molecule is CC(C)n1ccnc1-c1cccc(N2Cc3ccsc3C2=O)n1. The molecule has 6 heteroatoms. The maximum absolute atomic E-state index is 12.5. The normalized spacial score (nSPS) is 13.9. The Balaban J connectivity index is 1.72. The van der Waals surface area contributed by atoms with Crippen molar-refractivity contribution in [1.29, 1.82) is 0 Å². The average Bonchev–Trinajstić information content (AvgIpc) is 3.25. The van der Waals surface area contributed by atoms with Crippen LogP contribution in [0.1, 0.15) is 35.1 Å². The van der Waals surface area contributed by atoms with E-state index in [-0.39, 0.29) is 5.91 Å². The fourth-order valence-electron chi connectivity index (χ4n) is 2.82. The summed E-state index contributed by atoms with van der Waals surface area (Å²) in [4.78, 5) is 24.2. The van der Waals surface area contributed by atoms with Crippen molar-refractivity contribution in [2.75, 3.05) is 4.90 Å². The minimum absolute atomic E-state index is 0.0341. The zero-order valence-corrected chi connectivity index (χ0v) is 13.7. The molecule has 0 radical (unpaired) electrons. The topological polar surface area (TPSA) is 51.0 Å². The van der Waals surface area contributed by atoms with E-state index in [1.165, 1.54) is 11.3 Å². The smallest absolute Gasteiger partial charge is 0.270 e. The summed E-state index contributed by atoms with van der Waals surface area (Å²) in [6.45, 7) is 4.81. The molecule has 0 N–H and O–H groups in total. The summed E-state index contributed by atoms with van der Waals surface area (Å²) in [5, 5.41) is 1.96. The van der Waals surface area contributed by atoms with Crippen LogP contribution in [-0.4, -0.2) is 20.4 Å². The third kappa shape index (κ3) is 2.26. The molecule has 1 aliphatic heterocycles. The number of imidazole rings is 1. The number of hydrogen-bond donors (Lipinski definition) is 0. The first kappa shape index (κ1) is 14.1. The van der Waals surface area contributed by atoms with E-state index in [0.717, 1.165) is 22.0 Å². The van der Waals surface area contributed by atoms with Crippen LogP contribution in [0, 0.1) is 0 Å². The van der Waals surface area contributed by atoms with Crippen LogP contribution in [0.15, 0.2) is 42.0 Å². The van der Waals surface area contributed by atoms with Crippen molar-refractivity contribution in [3.63, 3.8) is 0 Å². The van der Waals surface area contributed by atoms with E-state index in [1.807, 2.05) is 35.8 Å². The molecule has 1 aliphatic rings. The molecule has 0 bridgehead atoms. The van der Waals surface area contributed by atoms with Crippen molar-refractivity contribution >= 4 is 23.1 Å². The Morgan fingerprint density at radius 3 is 2.91 bits per heavy atom. The first-order valence-corrected chi connectivity index (χ1v) is 8.41. The van der Waals surface area contributed by atoms with Gasteiger partial charge in [-0.05, 0) is 43.0 Å². The molecule has 4 heterocycles. The number of fused-ring (bicyclic) bond motifs is 1. The Kier molecular flexibility index (Phi) is 3.27. The molecular weight excluding hydrogens is 308 g/mol. The minimum atomic E-state index is 0.0341. The van der Waals surface area contributed by atoms with E-state index in [0.29, 0.717) is 18.4 Å². The maximum atomic E-state index is 12.5. The highest BCUT2D eigenvalue weighted by Gasteiger charge is 2.30. The molecule has 0 spiro atoms. The molecular formula is C17H16N4OS. The highest BCUT2D eigenvalue weighted by Crippen LogP contribution is 2.31. The van der Waals surface area contributed by atoms with Crippen molar-refractivity contribution in [1.82, 2.24) is 14.5 Å². The van der Waals surface area contributed by atoms with Crippen molar-refractivity contribution in [3.8, 4) is 11.5 Å². The monoisotopic (exact) mass is 324 g/mol. The lowest BCUT2D eigenvalue weighted by molar-refractivity contribution is 0.0999. The first-order chi connectivity index (χ1) is 11.1. The van der Waals surface area contributed by atoms with Gasteiger partial charge in [-0.1, -0.05) is 6.07 Å². The van der Waals surface area contributed by atoms with E-state index in [4.69, 9.17) is 0 Å². The van der Waals surface area contributed by atoms with Gasteiger partial charge in [0.1, 0.15) is 11.5 Å². The van der Waals surface area contributed by atoms with Gasteiger partial charge >= 0.3 is 0 Å². The van der Waals surface area contributed by atoms with Crippen LogP contribution in [0.5, 0.6) is 0 Å². The number of amides is 1. The minimum Gasteiger partial charge on any atom is -0.327 e. The van der Waals surface area contributed by atoms with Crippen molar-refractivity contribution in [2.45, 2.75) is 26.4 Å². The number of pyridine rings is 1.